The van der Waals surface area contributed by atoms with Gasteiger partial charge in [0, 0.05) is 0 Å². The molecule has 4 aliphatic rings. The van der Waals surface area contributed by atoms with Gasteiger partial charge in [-0.2, -0.15) is 0 Å². The second kappa shape index (κ2) is 7.45. The second-order valence-corrected chi connectivity index (χ2v) is 11.9. The molecule has 8 atom stereocenters. The summed E-state index contributed by atoms with van der Waals surface area (Å²) in [5, 5.41) is 0. The van der Waals surface area contributed by atoms with E-state index in [4.69, 9.17) is 10.5 Å². The van der Waals surface area contributed by atoms with Crippen molar-refractivity contribution in [3.63, 3.8) is 0 Å². The van der Waals surface area contributed by atoms with E-state index in [1.54, 1.807) is 0 Å². The largest absolute Gasteiger partial charge is 0.488 e. The molecule has 4 saturated carbocycles. The van der Waals surface area contributed by atoms with Crippen LogP contribution in [-0.4, -0.2) is 6.10 Å². The minimum atomic E-state index is 0.341. The van der Waals surface area contributed by atoms with E-state index >= 15 is 0 Å². The molecule has 4 aliphatic carbocycles. The second-order valence-electron chi connectivity index (χ2n) is 11.9. The molecule has 0 spiro atoms. The molecule has 30 heavy (non-hydrogen) atoms. The summed E-state index contributed by atoms with van der Waals surface area (Å²) >= 11 is 0. The number of nitrogen functional groups attached to an aromatic ring is 1. The van der Waals surface area contributed by atoms with Crippen LogP contribution in [0.3, 0.4) is 0 Å². The maximum absolute atomic E-state index is 6.49. The van der Waals surface area contributed by atoms with Crippen molar-refractivity contribution in [2.24, 2.45) is 40.4 Å². The number of hydrogen-bond donors (Lipinski definition) is 1. The zero-order valence-electron chi connectivity index (χ0n) is 19.8. The lowest BCUT2D eigenvalue weighted by molar-refractivity contribution is -0.124. The molecule has 0 bridgehead atoms. The van der Waals surface area contributed by atoms with Gasteiger partial charge in [-0.15, -0.1) is 0 Å². The minimum Gasteiger partial charge on any atom is -0.488 e. The van der Waals surface area contributed by atoms with E-state index in [-0.39, 0.29) is 0 Å². The molecule has 0 aliphatic heterocycles. The van der Waals surface area contributed by atoms with Crippen LogP contribution in [-0.2, 0) is 0 Å². The number of rotatable bonds is 3. The number of fused-ring (bicyclic) bond motifs is 5. The molecule has 1 aromatic carbocycles. The van der Waals surface area contributed by atoms with E-state index in [0.717, 1.165) is 41.0 Å². The molecule has 4 fully saturated rings. The van der Waals surface area contributed by atoms with Crippen LogP contribution in [0.2, 0.25) is 0 Å². The van der Waals surface area contributed by atoms with Gasteiger partial charge in [0.15, 0.2) is 0 Å². The molecule has 2 N–H and O–H groups in total. The van der Waals surface area contributed by atoms with Crippen LogP contribution in [0.15, 0.2) is 18.2 Å². The highest BCUT2D eigenvalue weighted by Gasteiger charge is 2.59. The van der Waals surface area contributed by atoms with Gasteiger partial charge in [-0.25, -0.2) is 0 Å². The van der Waals surface area contributed by atoms with Crippen LogP contribution < -0.4 is 10.5 Å². The van der Waals surface area contributed by atoms with Crippen molar-refractivity contribution in [2.45, 2.75) is 98.0 Å². The molecule has 0 aromatic heterocycles. The fourth-order valence-electron chi connectivity index (χ4n) is 9.03. The van der Waals surface area contributed by atoms with Crippen molar-refractivity contribution in [2.75, 3.05) is 5.73 Å². The number of nitrogens with two attached hydrogens (primary N) is 1. The van der Waals surface area contributed by atoms with Gasteiger partial charge in [-0.3, -0.25) is 0 Å². The molecule has 0 saturated heterocycles. The number of aryl methyl sites for hydroxylation is 1. The van der Waals surface area contributed by atoms with Crippen LogP contribution in [0.1, 0.15) is 90.5 Å². The van der Waals surface area contributed by atoms with Crippen LogP contribution in [0.5, 0.6) is 5.75 Å². The average molecular weight is 410 g/mol. The first-order chi connectivity index (χ1) is 14.3. The van der Waals surface area contributed by atoms with Crippen LogP contribution >= 0.6 is 0 Å². The van der Waals surface area contributed by atoms with Crippen LogP contribution in [0.25, 0.3) is 0 Å². The van der Waals surface area contributed by atoms with Gasteiger partial charge in [0.1, 0.15) is 5.75 Å². The van der Waals surface area contributed by atoms with Gasteiger partial charge in [0.2, 0.25) is 0 Å². The molecule has 2 heteroatoms. The monoisotopic (exact) mass is 409 g/mol. The van der Waals surface area contributed by atoms with E-state index in [1.165, 1.54) is 69.8 Å². The Kier molecular flexibility index (Phi) is 5.14. The van der Waals surface area contributed by atoms with Crippen molar-refractivity contribution in [1.82, 2.24) is 0 Å². The first-order valence-electron chi connectivity index (χ1n) is 12.9. The maximum Gasteiger partial charge on any atom is 0.142 e. The van der Waals surface area contributed by atoms with Crippen molar-refractivity contribution in [3.05, 3.63) is 23.8 Å². The zero-order chi connectivity index (χ0) is 21.1. The quantitative estimate of drug-likeness (QED) is 0.528. The standard InChI is InChI=1S/C28H43NO/c1-5-19-8-10-23-22-9-7-20-17-21(30-26-16-18(2)6-11-25(26)29)12-14-28(20,4)24(22)13-15-27(19,23)3/h6,11,16,19-24H,5,7-10,12-15,17,29H2,1-4H3. The Hall–Kier alpha value is -1.18. The maximum atomic E-state index is 6.49. The Morgan fingerprint density at radius 1 is 0.967 bits per heavy atom. The van der Waals surface area contributed by atoms with Gasteiger partial charge in [0.05, 0.1) is 11.8 Å². The minimum absolute atomic E-state index is 0.341. The molecule has 8 unspecified atom stereocenters. The van der Waals surface area contributed by atoms with Crippen molar-refractivity contribution < 1.29 is 4.74 Å². The molecule has 166 valence electrons. The Labute approximate surface area is 184 Å². The third-order valence-electron chi connectivity index (χ3n) is 10.8. The first kappa shape index (κ1) is 20.7. The van der Waals surface area contributed by atoms with Crippen molar-refractivity contribution in [1.29, 1.82) is 0 Å². The summed E-state index contributed by atoms with van der Waals surface area (Å²) in [4.78, 5) is 0. The Morgan fingerprint density at radius 2 is 1.73 bits per heavy atom. The lowest BCUT2D eigenvalue weighted by atomic mass is 9.44. The Balaban J connectivity index is 1.31. The predicted octanol–water partition coefficient (Wildman–Crippen LogP) is 7.39. The van der Waals surface area contributed by atoms with Gasteiger partial charge >= 0.3 is 0 Å². The summed E-state index contributed by atoms with van der Waals surface area (Å²) in [6.07, 6.45) is 14.4. The fourth-order valence-corrected chi connectivity index (χ4v) is 9.03. The number of hydrogen-bond acceptors (Lipinski definition) is 2. The van der Waals surface area contributed by atoms with Gasteiger partial charge in [-0.1, -0.05) is 33.3 Å². The van der Waals surface area contributed by atoms with Crippen molar-refractivity contribution >= 4 is 5.69 Å². The molecule has 0 heterocycles. The van der Waals surface area contributed by atoms with E-state index in [1.807, 2.05) is 6.07 Å². The van der Waals surface area contributed by atoms with E-state index < -0.39 is 0 Å². The van der Waals surface area contributed by atoms with E-state index in [2.05, 4.69) is 39.8 Å². The average Bonchev–Trinajstić information content (AvgIpc) is 3.07. The Morgan fingerprint density at radius 3 is 2.53 bits per heavy atom. The summed E-state index contributed by atoms with van der Waals surface area (Å²) in [5.41, 5.74) is 9.40. The summed E-state index contributed by atoms with van der Waals surface area (Å²) < 4.78 is 6.49. The van der Waals surface area contributed by atoms with Gasteiger partial charge < -0.3 is 10.5 Å². The number of ether oxygens (including phenoxy) is 1. The first-order valence-corrected chi connectivity index (χ1v) is 12.9. The molecule has 0 amide bonds. The van der Waals surface area contributed by atoms with Gasteiger partial charge in [0.25, 0.3) is 0 Å². The highest BCUT2D eigenvalue weighted by molar-refractivity contribution is 5.53. The highest BCUT2D eigenvalue weighted by atomic mass is 16.5. The smallest absolute Gasteiger partial charge is 0.142 e. The molecular formula is C28H43NO. The van der Waals surface area contributed by atoms with Crippen molar-refractivity contribution in [3.8, 4) is 5.75 Å². The van der Waals surface area contributed by atoms with E-state index in [0.29, 0.717) is 16.9 Å². The van der Waals surface area contributed by atoms with Crippen LogP contribution in [0.4, 0.5) is 5.69 Å². The lowest BCUT2D eigenvalue weighted by Gasteiger charge is -2.61. The summed E-state index contributed by atoms with van der Waals surface area (Å²) in [5.74, 6) is 5.66. The van der Waals surface area contributed by atoms with Gasteiger partial charge in [-0.05, 0) is 123 Å². The van der Waals surface area contributed by atoms with Crippen LogP contribution in [0, 0.1) is 47.3 Å². The topological polar surface area (TPSA) is 35.2 Å². The number of anilines is 1. The normalized spacial score (nSPS) is 45.3. The SMILES string of the molecule is CCC1CCC2C3CCC4CC(Oc5cc(C)ccc5N)CCC4(C)C3CCC12C. The fraction of sp³-hybridized carbons (Fsp3) is 0.786. The highest BCUT2D eigenvalue weighted by Crippen LogP contribution is 2.67. The molecule has 1 aromatic rings. The van der Waals surface area contributed by atoms with E-state index in [9.17, 15) is 0 Å². The third-order valence-corrected chi connectivity index (χ3v) is 10.8. The zero-order valence-corrected chi connectivity index (χ0v) is 19.8. The Bertz CT molecular complexity index is 789. The third kappa shape index (κ3) is 3.11. The summed E-state index contributed by atoms with van der Waals surface area (Å²) in [7, 11) is 0. The molecule has 2 nitrogen and oxygen atoms in total. The lowest BCUT2D eigenvalue weighted by Crippen LogP contribution is -2.54. The number of benzene rings is 1. The molecular weight excluding hydrogens is 366 g/mol. The molecule has 0 radical (unpaired) electrons. The summed E-state index contributed by atoms with van der Waals surface area (Å²) in [6, 6.07) is 6.18. The summed E-state index contributed by atoms with van der Waals surface area (Å²) in [6.45, 7) is 9.89. The predicted molar refractivity (Wildman–Crippen MR) is 126 cm³/mol. The molecule has 5 rings (SSSR count).